The van der Waals surface area contributed by atoms with Crippen LogP contribution >= 0.6 is 0 Å². The Hall–Kier alpha value is -2.08. The number of ether oxygens (including phenoxy) is 2. The van der Waals surface area contributed by atoms with Crippen LogP contribution in [0.3, 0.4) is 0 Å². The fraction of sp³-hybridized carbons (Fsp3) is 0.556. The molecule has 2 rings (SSSR count). The number of esters is 1. The summed E-state index contributed by atoms with van der Waals surface area (Å²) in [6, 6.07) is 6.98. The van der Waals surface area contributed by atoms with Gasteiger partial charge in [0.1, 0.15) is 5.75 Å². The van der Waals surface area contributed by atoms with Crippen molar-refractivity contribution in [1.82, 2.24) is 4.90 Å². The normalized spacial score (nSPS) is 19.4. The minimum absolute atomic E-state index is 0.107. The van der Waals surface area contributed by atoms with Crippen LogP contribution < -0.4 is 10.1 Å². The molecule has 0 saturated carbocycles. The Kier molecular flexibility index (Phi) is 6.61. The van der Waals surface area contributed by atoms with Gasteiger partial charge in [-0.05, 0) is 45.4 Å². The number of nitrogens with zero attached hydrogens (tertiary/aromatic N) is 1. The number of likely N-dealkylation sites (tertiary alicyclic amines) is 1. The standard InChI is InChI=1S/C18H26N2O4/c1-4-24-18(22)14-8-7-11-20(12-14)13(2)17(21)19-15-9-5-6-10-16(15)23-3/h5-6,9-10,13-14H,4,7-8,11-12H2,1-3H3,(H,19,21)/t13-,14+/m1/s1. The molecule has 1 fully saturated rings. The Morgan fingerprint density at radius 3 is 2.83 bits per heavy atom. The molecular formula is C18H26N2O4. The number of piperidine rings is 1. The van der Waals surface area contributed by atoms with E-state index in [1.165, 1.54) is 0 Å². The minimum atomic E-state index is -0.327. The summed E-state index contributed by atoms with van der Waals surface area (Å²) in [5.74, 6) is 0.199. The van der Waals surface area contributed by atoms with E-state index in [0.717, 1.165) is 19.4 Å². The molecule has 6 nitrogen and oxygen atoms in total. The van der Waals surface area contributed by atoms with Crippen molar-refractivity contribution in [3.63, 3.8) is 0 Å². The number of nitrogens with one attached hydrogen (secondary N) is 1. The molecular weight excluding hydrogens is 308 g/mol. The average Bonchev–Trinajstić information content (AvgIpc) is 2.61. The Bertz CT molecular complexity index is 576. The lowest BCUT2D eigenvalue weighted by Crippen LogP contribution is -2.48. The fourth-order valence-electron chi connectivity index (χ4n) is 2.96. The number of para-hydroxylation sites is 2. The second-order valence-corrected chi connectivity index (χ2v) is 5.95. The van der Waals surface area contributed by atoms with E-state index in [-0.39, 0.29) is 23.8 Å². The van der Waals surface area contributed by atoms with Gasteiger partial charge in [0.25, 0.3) is 0 Å². The van der Waals surface area contributed by atoms with Gasteiger partial charge < -0.3 is 14.8 Å². The van der Waals surface area contributed by atoms with Crippen LogP contribution in [0.4, 0.5) is 5.69 Å². The molecule has 1 amide bonds. The maximum Gasteiger partial charge on any atom is 0.310 e. The second-order valence-electron chi connectivity index (χ2n) is 5.95. The Morgan fingerprint density at radius 1 is 1.38 bits per heavy atom. The van der Waals surface area contributed by atoms with E-state index in [1.807, 2.05) is 30.9 Å². The summed E-state index contributed by atoms with van der Waals surface area (Å²) in [7, 11) is 1.57. The Morgan fingerprint density at radius 2 is 2.12 bits per heavy atom. The maximum atomic E-state index is 12.6. The number of hydrogen-bond acceptors (Lipinski definition) is 5. The van der Waals surface area contributed by atoms with Crippen LogP contribution in [0.15, 0.2) is 24.3 Å². The minimum Gasteiger partial charge on any atom is -0.495 e. The van der Waals surface area contributed by atoms with Gasteiger partial charge in [-0.15, -0.1) is 0 Å². The first-order valence-electron chi connectivity index (χ1n) is 8.41. The van der Waals surface area contributed by atoms with Gasteiger partial charge in [0.2, 0.25) is 5.91 Å². The van der Waals surface area contributed by atoms with Gasteiger partial charge in [0.05, 0.1) is 31.4 Å². The lowest BCUT2D eigenvalue weighted by molar-refractivity contribution is -0.150. The maximum absolute atomic E-state index is 12.6. The van der Waals surface area contributed by atoms with Crippen molar-refractivity contribution in [3.8, 4) is 5.75 Å². The number of hydrogen-bond donors (Lipinski definition) is 1. The van der Waals surface area contributed by atoms with E-state index >= 15 is 0 Å². The Labute approximate surface area is 143 Å². The first-order valence-corrected chi connectivity index (χ1v) is 8.41. The fourth-order valence-corrected chi connectivity index (χ4v) is 2.96. The van der Waals surface area contributed by atoms with Crippen LogP contribution in [0.2, 0.25) is 0 Å². The largest absolute Gasteiger partial charge is 0.495 e. The predicted molar refractivity (Wildman–Crippen MR) is 92.0 cm³/mol. The number of methoxy groups -OCH3 is 1. The molecule has 6 heteroatoms. The molecule has 1 aromatic carbocycles. The molecule has 1 aromatic rings. The Balaban J connectivity index is 1.98. The molecule has 1 N–H and O–H groups in total. The summed E-state index contributed by atoms with van der Waals surface area (Å²) >= 11 is 0. The van der Waals surface area contributed by atoms with E-state index in [9.17, 15) is 9.59 Å². The van der Waals surface area contributed by atoms with Crippen molar-refractivity contribution in [2.75, 3.05) is 32.1 Å². The van der Waals surface area contributed by atoms with Crippen molar-refractivity contribution in [3.05, 3.63) is 24.3 Å². The smallest absolute Gasteiger partial charge is 0.310 e. The van der Waals surface area contributed by atoms with Crippen molar-refractivity contribution in [1.29, 1.82) is 0 Å². The molecule has 0 radical (unpaired) electrons. The zero-order valence-electron chi connectivity index (χ0n) is 14.6. The van der Waals surface area contributed by atoms with E-state index in [1.54, 1.807) is 19.2 Å². The summed E-state index contributed by atoms with van der Waals surface area (Å²) < 4.78 is 10.4. The van der Waals surface area contributed by atoms with Crippen LogP contribution in [-0.4, -0.2) is 49.6 Å². The molecule has 0 spiro atoms. The number of carbonyl (C=O) groups is 2. The van der Waals surface area contributed by atoms with E-state index in [0.29, 0.717) is 24.6 Å². The zero-order chi connectivity index (χ0) is 17.5. The van der Waals surface area contributed by atoms with Crippen molar-refractivity contribution >= 4 is 17.6 Å². The summed E-state index contributed by atoms with van der Waals surface area (Å²) in [5.41, 5.74) is 0.649. The van der Waals surface area contributed by atoms with E-state index < -0.39 is 0 Å². The average molecular weight is 334 g/mol. The van der Waals surface area contributed by atoms with Gasteiger partial charge in [0.15, 0.2) is 0 Å². The number of carbonyl (C=O) groups excluding carboxylic acids is 2. The topological polar surface area (TPSA) is 67.9 Å². The van der Waals surface area contributed by atoms with Crippen molar-refractivity contribution in [2.45, 2.75) is 32.7 Å². The molecule has 2 atom stereocenters. The first kappa shape index (κ1) is 18.3. The highest BCUT2D eigenvalue weighted by atomic mass is 16.5. The summed E-state index contributed by atoms with van der Waals surface area (Å²) in [5, 5.41) is 2.91. The van der Waals surface area contributed by atoms with Crippen LogP contribution in [0.1, 0.15) is 26.7 Å². The van der Waals surface area contributed by atoms with Crippen molar-refractivity contribution < 1.29 is 19.1 Å². The van der Waals surface area contributed by atoms with Gasteiger partial charge in [-0.2, -0.15) is 0 Å². The van der Waals surface area contributed by atoms with Gasteiger partial charge in [-0.1, -0.05) is 12.1 Å². The number of amides is 1. The highest BCUT2D eigenvalue weighted by Gasteiger charge is 2.31. The molecule has 0 aromatic heterocycles. The molecule has 0 bridgehead atoms. The third-order valence-electron chi connectivity index (χ3n) is 4.36. The first-order chi connectivity index (χ1) is 11.6. The van der Waals surface area contributed by atoms with Gasteiger partial charge in [0, 0.05) is 6.54 Å². The summed E-state index contributed by atoms with van der Waals surface area (Å²) in [6.07, 6.45) is 1.70. The van der Waals surface area contributed by atoms with Gasteiger partial charge in [-0.25, -0.2) is 0 Å². The number of anilines is 1. The van der Waals surface area contributed by atoms with Crippen molar-refractivity contribution in [2.24, 2.45) is 5.92 Å². The third-order valence-corrected chi connectivity index (χ3v) is 4.36. The molecule has 0 aliphatic carbocycles. The van der Waals surface area contributed by atoms with Gasteiger partial charge in [-0.3, -0.25) is 14.5 Å². The third kappa shape index (κ3) is 4.47. The summed E-state index contributed by atoms with van der Waals surface area (Å²) in [6.45, 7) is 5.41. The molecule has 132 valence electrons. The highest BCUT2D eigenvalue weighted by molar-refractivity contribution is 5.95. The zero-order valence-corrected chi connectivity index (χ0v) is 14.6. The highest BCUT2D eigenvalue weighted by Crippen LogP contribution is 2.24. The molecule has 1 aliphatic heterocycles. The predicted octanol–water partition coefficient (Wildman–Crippen LogP) is 2.30. The number of rotatable bonds is 6. The van der Waals surface area contributed by atoms with Crippen LogP contribution in [0.25, 0.3) is 0 Å². The van der Waals surface area contributed by atoms with Crippen LogP contribution in [0, 0.1) is 5.92 Å². The summed E-state index contributed by atoms with van der Waals surface area (Å²) in [4.78, 5) is 26.5. The van der Waals surface area contributed by atoms with Crippen LogP contribution in [0.5, 0.6) is 5.75 Å². The lowest BCUT2D eigenvalue weighted by atomic mass is 9.97. The molecule has 1 heterocycles. The van der Waals surface area contributed by atoms with Crippen LogP contribution in [-0.2, 0) is 14.3 Å². The SMILES string of the molecule is CCOC(=O)[C@H]1CCCN([C@H](C)C(=O)Nc2ccccc2OC)C1. The molecule has 0 unspecified atom stereocenters. The molecule has 1 saturated heterocycles. The molecule has 1 aliphatic rings. The lowest BCUT2D eigenvalue weighted by Gasteiger charge is -2.35. The monoisotopic (exact) mass is 334 g/mol. The molecule has 24 heavy (non-hydrogen) atoms. The van der Waals surface area contributed by atoms with E-state index in [2.05, 4.69) is 5.32 Å². The number of benzene rings is 1. The quantitative estimate of drug-likeness (QED) is 0.809. The van der Waals surface area contributed by atoms with Gasteiger partial charge >= 0.3 is 5.97 Å². The second kappa shape index (κ2) is 8.68. The van der Waals surface area contributed by atoms with E-state index in [4.69, 9.17) is 9.47 Å².